The molecule has 0 aliphatic heterocycles. The fourth-order valence-electron chi connectivity index (χ4n) is 2.05. The van der Waals surface area contributed by atoms with E-state index in [-0.39, 0.29) is 12.1 Å². The molecule has 1 heterocycles. The number of nitrogens with zero attached hydrogens (tertiary/aromatic N) is 2. The minimum atomic E-state index is -0.308. The average molecular weight is 245 g/mol. The number of para-hydroxylation sites is 1. The fraction of sp³-hybridized carbons (Fsp3) is 0.429. The number of aliphatic hydroxyl groups is 1. The third-order valence-corrected chi connectivity index (χ3v) is 3.58. The summed E-state index contributed by atoms with van der Waals surface area (Å²) in [7, 11) is 0. The first-order chi connectivity index (χ1) is 8.74. The van der Waals surface area contributed by atoms with E-state index in [4.69, 9.17) is 0 Å². The predicted molar refractivity (Wildman–Crippen MR) is 73.6 cm³/mol. The molecule has 0 atom stereocenters. The van der Waals surface area contributed by atoms with Crippen LogP contribution in [-0.2, 0) is 0 Å². The van der Waals surface area contributed by atoms with Crippen LogP contribution >= 0.6 is 0 Å². The molecule has 2 rings (SSSR count). The van der Waals surface area contributed by atoms with E-state index in [2.05, 4.69) is 29.1 Å². The highest BCUT2D eigenvalue weighted by atomic mass is 16.3. The van der Waals surface area contributed by atoms with Crippen molar-refractivity contribution in [2.75, 3.05) is 11.9 Å². The van der Waals surface area contributed by atoms with Gasteiger partial charge in [0.05, 0.1) is 17.7 Å². The van der Waals surface area contributed by atoms with Crippen molar-refractivity contribution < 1.29 is 5.11 Å². The Morgan fingerprint density at radius 2 is 1.89 bits per heavy atom. The van der Waals surface area contributed by atoms with Gasteiger partial charge in [-0.1, -0.05) is 26.0 Å². The van der Waals surface area contributed by atoms with E-state index in [9.17, 15) is 5.11 Å². The maximum absolute atomic E-state index is 9.60. The first-order valence-corrected chi connectivity index (χ1v) is 6.33. The molecule has 0 unspecified atom stereocenters. The number of anilines is 1. The lowest BCUT2D eigenvalue weighted by molar-refractivity contribution is 0.202. The molecule has 0 bridgehead atoms. The first kappa shape index (κ1) is 12.8. The van der Waals surface area contributed by atoms with Crippen LogP contribution in [-0.4, -0.2) is 27.2 Å². The number of benzene rings is 1. The minimum Gasteiger partial charge on any atom is -0.394 e. The van der Waals surface area contributed by atoms with E-state index in [0.717, 1.165) is 29.6 Å². The lowest BCUT2D eigenvalue weighted by Crippen LogP contribution is -2.41. The van der Waals surface area contributed by atoms with Crippen molar-refractivity contribution >= 4 is 16.7 Å². The molecule has 0 spiro atoms. The Bertz CT molecular complexity index is 510. The van der Waals surface area contributed by atoms with Crippen LogP contribution in [0.15, 0.2) is 30.6 Å². The van der Waals surface area contributed by atoms with Crippen LogP contribution in [0.4, 0.5) is 5.82 Å². The van der Waals surface area contributed by atoms with Gasteiger partial charge in [-0.2, -0.15) is 0 Å². The van der Waals surface area contributed by atoms with E-state index >= 15 is 0 Å². The second-order valence-corrected chi connectivity index (χ2v) is 4.51. The van der Waals surface area contributed by atoms with Gasteiger partial charge in [0, 0.05) is 5.39 Å². The standard InChI is InChI=1S/C14H19N3O/c1-3-14(4-2,9-18)17-13-11-7-5-6-8-12(11)15-10-16-13/h5-8,10,18H,3-4,9H2,1-2H3,(H,15,16,17). The highest BCUT2D eigenvalue weighted by molar-refractivity contribution is 5.88. The number of rotatable bonds is 5. The summed E-state index contributed by atoms with van der Waals surface area (Å²) in [6.07, 6.45) is 3.24. The number of fused-ring (bicyclic) bond motifs is 1. The SMILES string of the molecule is CCC(CC)(CO)Nc1ncnc2ccccc12. The normalized spacial score (nSPS) is 11.7. The fourth-order valence-corrected chi connectivity index (χ4v) is 2.05. The molecule has 0 saturated heterocycles. The van der Waals surface area contributed by atoms with Crippen LogP contribution in [0.1, 0.15) is 26.7 Å². The molecule has 1 aromatic heterocycles. The molecular formula is C14H19N3O. The molecule has 1 aromatic carbocycles. The van der Waals surface area contributed by atoms with Gasteiger partial charge in [0.1, 0.15) is 12.1 Å². The van der Waals surface area contributed by atoms with Gasteiger partial charge in [0.25, 0.3) is 0 Å². The highest BCUT2D eigenvalue weighted by Crippen LogP contribution is 2.25. The van der Waals surface area contributed by atoms with E-state index in [1.165, 1.54) is 0 Å². The van der Waals surface area contributed by atoms with Gasteiger partial charge in [0.2, 0.25) is 0 Å². The molecule has 0 aliphatic rings. The summed E-state index contributed by atoms with van der Waals surface area (Å²) in [5.41, 5.74) is 0.603. The Morgan fingerprint density at radius 3 is 2.56 bits per heavy atom. The summed E-state index contributed by atoms with van der Waals surface area (Å²) in [4.78, 5) is 8.54. The van der Waals surface area contributed by atoms with Crippen LogP contribution in [0.25, 0.3) is 10.9 Å². The molecular weight excluding hydrogens is 226 g/mol. The van der Waals surface area contributed by atoms with Crippen LogP contribution in [0.3, 0.4) is 0 Å². The van der Waals surface area contributed by atoms with Crippen molar-refractivity contribution in [2.24, 2.45) is 0 Å². The van der Waals surface area contributed by atoms with Crippen LogP contribution < -0.4 is 5.32 Å². The zero-order chi connectivity index (χ0) is 13.0. The van der Waals surface area contributed by atoms with Gasteiger partial charge in [-0.15, -0.1) is 0 Å². The Kier molecular flexibility index (Phi) is 3.77. The van der Waals surface area contributed by atoms with Crippen LogP contribution in [0, 0.1) is 0 Å². The van der Waals surface area contributed by atoms with Crippen molar-refractivity contribution in [1.29, 1.82) is 0 Å². The monoisotopic (exact) mass is 245 g/mol. The lowest BCUT2D eigenvalue weighted by Gasteiger charge is -2.31. The van der Waals surface area contributed by atoms with Crippen molar-refractivity contribution in [3.8, 4) is 0 Å². The molecule has 0 saturated carbocycles. The van der Waals surface area contributed by atoms with Gasteiger partial charge in [-0.25, -0.2) is 9.97 Å². The van der Waals surface area contributed by atoms with E-state index < -0.39 is 0 Å². The van der Waals surface area contributed by atoms with Gasteiger partial charge >= 0.3 is 0 Å². The Labute approximate surface area is 107 Å². The summed E-state index contributed by atoms with van der Waals surface area (Å²) in [6, 6.07) is 7.87. The second-order valence-electron chi connectivity index (χ2n) is 4.51. The molecule has 4 heteroatoms. The third kappa shape index (κ3) is 2.29. The lowest BCUT2D eigenvalue weighted by atomic mass is 9.93. The first-order valence-electron chi connectivity index (χ1n) is 6.33. The summed E-state index contributed by atoms with van der Waals surface area (Å²) >= 11 is 0. The van der Waals surface area contributed by atoms with Gasteiger partial charge in [-0.3, -0.25) is 0 Å². The molecule has 4 nitrogen and oxygen atoms in total. The molecule has 96 valence electrons. The summed E-state index contributed by atoms with van der Waals surface area (Å²) < 4.78 is 0. The van der Waals surface area contributed by atoms with Gasteiger partial charge in [-0.05, 0) is 25.0 Å². The average Bonchev–Trinajstić information content (AvgIpc) is 2.45. The van der Waals surface area contributed by atoms with Crippen molar-refractivity contribution in [3.63, 3.8) is 0 Å². The molecule has 0 amide bonds. The van der Waals surface area contributed by atoms with Crippen LogP contribution in [0.2, 0.25) is 0 Å². The maximum Gasteiger partial charge on any atom is 0.137 e. The number of aromatic nitrogens is 2. The van der Waals surface area contributed by atoms with Gasteiger partial charge in [0.15, 0.2) is 0 Å². The quantitative estimate of drug-likeness (QED) is 0.850. The molecule has 2 N–H and O–H groups in total. The number of hydrogen-bond donors (Lipinski definition) is 2. The summed E-state index contributed by atoms with van der Waals surface area (Å²) in [5, 5.41) is 14.0. The summed E-state index contributed by atoms with van der Waals surface area (Å²) in [5.74, 6) is 0.790. The number of aliphatic hydroxyl groups excluding tert-OH is 1. The Morgan fingerprint density at radius 1 is 1.17 bits per heavy atom. The summed E-state index contributed by atoms with van der Waals surface area (Å²) in [6.45, 7) is 4.23. The zero-order valence-corrected chi connectivity index (χ0v) is 10.8. The van der Waals surface area contributed by atoms with E-state index in [1.807, 2.05) is 24.3 Å². The number of hydrogen-bond acceptors (Lipinski definition) is 4. The van der Waals surface area contributed by atoms with Crippen LogP contribution in [0.5, 0.6) is 0 Å². The van der Waals surface area contributed by atoms with E-state index in [0.29, 0.717) is 0 Å². The minimum absolute atomic E-state index is 0.0956. The topological polar surface area (TPSA) is 58.0 Å². The second kappa shape index (κ2) is 5.31. The predicted octanol–water partition coefficient (Wildman–Crippen LogP) is 2.59. The smallest absolute Gasteiger partial charge is 0.137 e. The van der Waals surface area contributed by atoms with Crippen molar-refractivity contribution in [2.45, 2.75) is 32.2 Å². The Hall–Kier alpha value is -1.68. The largest absolute Gasteiger partial charge is 0.394 e. The highest BCUT2D eigenvalue weighted by Gasteiger charge is 2.25. The third-order valence-electron chi connectivity index (χ3n) is 3.58. The van der Waals surface area contributed by atoms with Crippen molar-refractivity contribution in [3.05, 3.63) is 30.6 Å². The van der Waals surface area contributed by atoms with Gasteiger partial charge < -0.3 is 10.4 Å². The molecule has 18 heavy (non-hydrogen) atoms. The molecule has 0 radical (unpaired) electrons. The Balaban J connectivity index is 2.42. The zero-order valence-electron chi connectivity index (χ0n) is 10.8. The van der Waals surface area contributed by atoms with E-state index in [1.54, 1.807) is 6.33 Å². The maximum atomic E-state index is 9.60. The van der Waals surface area contributed by atoms with Crippen molar-refractivity contribution in [1.82, 2.24) is 9.97 Å². The molecule has 0 aliphatic carbocycles. The molecule has 0 fully saturated rings. The molecule has 2 aromatic rings. The number of nitrogens with one attached hydrogen (secondary N) is 1.